The fourth-order valence-electron chi connectivity index (χ4n) is 1.47. The van der Waals surface area contributed by atoms with E-state index in [1.54, 1.807) is 11.1 Å². The lowest BCUT2D eigenvalue weighted by molar-refractivity contribution is -0.130. The summed E-state index contributed by atoms with van der Waals surface area (Å²) in [7, 11) is 3.75. The van der Waals surface area contributed by atoms with Gasteiger partial charge in [0.05, 0.1) is 6.54 Å². The van der Waals surface area contributed by atoms with Gasteiger partial charge in [0.25, 0.3) is 0 Å². The minimum absolute atomic E-state index is 0.130. The normalized spacial score (nSPS) is 10.9. The van der Waals surface area contributed by atoms with E-state index in [-0.39, 0.29) is 11.9 Å². The average molecular weight is 238 g/mol. The summed E-state index contributed by atoms with van der Waals surface area (Å²) < 4.78 is 1.85. The van der Waals surface area contributed by atoms with Crippen LogP contribution in [-0.4, -0.2) is 46.8 Å². The quantitative estimate of drug-likeness (QED) is 0.731. The Balaban J connectivity index is 2.21. The van der Waals surface area contributed by atoms with Crippen LogP contribution in [0.15, 0.2) is 12.3 Å². The number of rotatable bonds is 6. The smallest absolute Gasteiger partial charge is 0.236 e. The average Bonchev–Trinajstić information content (AvgIpc) is 2.69. The Bertz CT molecular complexity index is 359. The van der Waals surface area contributed by atoms with Crippen LogP contribution in [0.2, 0.25) is 0 Å². The van der Waals surface area contributed by atoms with Gasteiger partial charge in [-0.15, -0.1) is 0 Å². The fourth-order valence-corrected chi connectivity index (χ4v) is 1.47. The molecule has 1 heterocycles. The number of nitrogens with one attached hydrogen (secondary N) is 1. The zero-order valence-electron chi connectivity index (χ0n) is 11.1. The topological polar surface area (TPSA) is 50.2 Å². The van der Waals surface area contributed by atoms with Crippen LogP contribution in [0.5, 0.6) is 0 Å². The van der Waals surface area contributed by atoms with Gasteiger partial charge in [0.15, 0.2) is 0 Å². The Morgan fingerprint density at radius 1 is 1.59 bits per heavy atom. The lowest BCUT2D eigenvalue weighted by atomic mass is 10.3. The molecule has 1 aromatic rings. The molecular weight excluding hydrogens is 216 g/mol. The van der Waals surface area contributed by atoms with E-state index >= 15 is 0 Å². The van der Waals surface area contributed by atoms with Crippen LogP contribution >= 0.6 is 0 Å². The number of aromatic nitrogens is 2. The van der Waals surface area contributed by atoms with Gasteiger partial charge in [-0.1, -0.05) is 0 Å². The van der Waals surface area contributed by atoms with E-state index in [1.165, 1.54) is 5.69 Å². The van der Waals surface area contributed by atoms with Crippen LogP contribution in [0.4, 0.5) is 0 Å². The highest BCUT2D eigenvalue weighted by Gasteiger charge is 2.10. The standard InChI is InChI=1S/C12H22N4O/c1-10(2)15(3)12(17)9-13-7-5-11-6-8-14-16(11)4/h6,8,10,13H,5,7,9H2,1-4H3. The van der Waals surface area contributed by atoms with Gasteiger partial charge in [0.1, 0.15) is 0 Å². The molecule has 0 saturated carbocycles. The summed E-state index contributed by atoms with van der Waals surface area (Å²) in [6, 6.07) is 2.24. The maximum absolute atomic E-state index is 11.7. The predicted molar refractivity (Wildman–Crippen MR) is 67.7 cm³/mol. The molecule has 0 saturated heterocycles. The van der Waals surface area contributed by atoms with E-state index in [4.69, 9.17) is 0 Å². The van der Waals surface area contributed by atoms with Crippen molar-refractivity contribution in [2.45, 2.75) is 26.3 Å². The number of nitrogens with zero attached hydrogens (tertiary/aromatic N) is 3. The van der Waals surface area contributed by atoms with Crippen molar-refractivity contribution in [3.8, 4) is 0 Å². The second kappa shape index (κ2) is 6.39. The first kappa shape index (κ1) is 13.7. The van der Waals surface area contributed by atoms with Crippen molar-refractivity contribution in [1.29, 1.82) is 0 Å². The summed E-state index contributed by atoms with van der Waals surface area (Å²) in [5.74, 6) is 0.130. The first-order valence-corrected chi connectivity index (χ1v) is 5.95. The zero-order valence-corrected chi connectivity index (χ0v) is 11.1. The molecule has 1 rings (SSSR count). The predicted octanol–water partition coefficient (Wildman–Crippen LogP) is 0.419. The van der Waals surface area contributed by atoms with Crippen molar-refractivity contribution < 1.29 is 4.79 Å². The summed E-state index contributed by atoms with van der Waals surface area (Å²) in [4.78, 5) is 13.4. The first-order valence-electron chi connectivity index (χ1n) is 5.95. The van der Waals surface area contributed by atoms with Crippen molar-refractivity contribution in [3.63, 3.8) is 0 Å². The van der Waals surface area contributed by atoms with Crippen molar-refractivity contribution in [1.82, 2.24) is 20.0 Å². The van der Waals surface area contributed by atoms with E-state index in [0.717, 1.165) is 13.0 Å². The highest BCUT2D eigenvalue weighted by Crippen LogP contribution is 1.96. The van der Waals surface area contributed by atoms with Gasteiger partial charge in [-0.2, -0.15) is 5.10 Å². The number of carbonyl (C=O) groups is 1. The molecule has 0 spiro atoms. The van der Waals surface area contributed by atoms with Gasteiger partial charge < -0.3 is 10.2 Å². The molecular formula is C12H22N4O. The third kappa shape index (κ3) is 4.19. The largest absolute Gasteiger partial charge is 0.342 e. The van der Waals surface area contributed by atoms with Crippen molar-refractivity contribution in [3.05, 3.63) is 18.0 Å². The molecule has 96 valence electrons. The van der Waals surface area contributed by atoms with Gasteiger partial charge in [-0.05, 0) is 19.9 Å². The summed E-state index contributed by atoms with van der Waals surface area (Å²) in [5.41, 5.74) is 1.17. The molecule has 1 amide bonds. The third-order valence-electron chi connectivity index (χ3n) is 2.92. The third-order valence-corrected chi connectivity index (χ3v) is 2.92. The van der Waals surface area contributed by atoms with Gasteiger partial charge in [-0.3, -0.25) is 9.48 Å². The number of hydrogen-bond acceptors (Lipinski definition) is 3. The molecule has 0 fully saturated rings. The fraction of sp³-hybridized carbons (Fsp3) is 0.667. The second-order valence-electron chi connectivity index (χ2n) is 4.47. The SMILES string of the molecule is CC(C)N(C)C(=O)CNCCc1ccnn1C. The maximum atomic E-state index is 11.7. The molecule has 0 aliphatic rings. The molecule has 17 heavy (non-hydrogen) atoms. The van der Waals surface area contributed by atoms with Crippen LogP contribution in [0, 0.1) is 0 Å². The van der Waals surface area contributed by atoms with Gasteiger partial charge >= 0.3 is 0 Å². The van der Waals surface area contributed by atoms with E-state index < -0.39 is 0 Å². The van der Waals surface area contributed by atoms with E-state index in [1.807, 2.05) is 38.7 Å². The van der Waals surface area contributed by atoms with Crippen molar-refractivity contribution in [2.24, 2.45) is 7.05 Å². The van der Waals surface area contributed by atoms with Crippen molar-refractivity contribution >= 4 is 5.91 Å². The molecule has 0 atom stereocenters. The Hall–Kier alpha value is -1.36. The molecule has 5 heteroatoms. The molecule has 0 aliphatic carbocycles. The molecule has 0 unspecified atom stereocenters. The Morgan fingerprint density at radius 3 is 2.82 bits per heavy atom. The van der Waals surface area contributed by atoms with Crippen LogP contribution in [0.1, 0.15) is 19.5 Å². The lowest BCUT2D eigenvalue weighted by Crippen LogP contribution is -2.39. The van der Waals surface area contributed by atoms with Gasteiger partial charge in [0.2, 0.25) is 5.91 Å². The highest BCUT2D eigenvalue weighted by atomic mass is 16.2. The Kier molecular flexibility index (Phi) is 5.15. The number of carbonyl (C=O) groups excluding carboxylic acids is 1. The van der Waals surface area contributed by atoms with Crippen LogP contribution < -0.4 is 5.32 Å². The second-order valence-corrected chi connectivity index (χ2v) is 4.47. The maximum Gasteiger partial charge on any atom is 0.236 e. The number of aryl methyl sites for hydroxylation is 1. The number of amides is 1. The van der Waals surface area contributed by atoms with Gasteiger partial charge in [-0.25, -0.2) is 0 Å². The number of likely N-dealkylation sites (N-methyl/N-ethyl adjacent to an activating group) is 1. The Labute approximate surface area is 103 Å². The molecule has 1 aromatic heterocycles. The summed E-state index contributed by atoms with van der Waals surface area (Å²) in [6.45, 7) is 5.20. The van der Waals surface area contributed by atoms with E-state index in [0.29, 0.717) is 6.54 Å². The summed E-state index contributed by atoms with van der Waals surface area (Å²) >= 11 is 0. The summed E-state index contributed by atoms with van der Waals surface area (Å²) in [6.07, 6.45) is 2.67. The minimum Gasteiger partial charge on any atom is -0.342 e. The summed E-state index contributed by atoms with van der Waals surface area (Å²) in [5, 5.41) is 7.25. The Morgan fingerprint density at radius 2 is 2.29 bits per heavy atom. The molecule has 0 bridgehead atoms. The molecule has 0 aromatic carbocycles. The zero-order chi connectivity index (χ0) is 12.8. The van der Waals surface area contributed by atoms with Crippen molar-refractivity contribution in [2.75, 3.05) is 20.1 Å². The molecule has 0 aliphatic heterocycles. The molecule has 5 nitrogen and oxygen atoms in total. The lowest BCUT2D eigenvalue weighted by Gasteiger charge is -2.21. The van der Waals surface area contributed by atoms with Crippen LogP contribution in [0.25, 0.3) is 0 Å². The van der Waals surface area contributed by atoms with Crippen LogP contribution in [-0.2, 0) is 18.3 Å². The van der Waals surface area contributed by atoms with Gasteiger partial charge in [0, 0.05) is 45.0 Å². The first-order chi connectivity index (χ1) is 8.02. The highest BCUT2D eigenvalue weighted by molar-refractivity contribution is 5.78. The van der Waals surface area contributed by atoms with E-state index in [9.17, 15) is 4.79 Å². The molecule has 1 N–H and O–H groups in total. The minimum atomic E-state index is 0.130. The molecule has 0 radical (unpaired) electrons. The monoisotopic (exact) mass is 238 g/mol. The number of hydrogen-bond donors (Lipinski definition) is 1. The van der Waals surface area contributed by atoms with E-state index in [2.05, 4.69) is 10.4 Å². The van der Waals surface area contributed by atoms with Crippen LogP contribution in [0.3, 0.4) is 0 Å².